The van der Waals surface area contributed by atoms with E-state index in [1.807, 2.05) is 4.90 Å². The number of ether oxygens (including phenoxy) is 1. The molecule has 2 aliphatic heterocycles. The molecule has 2 rings (SSSR count). The number of methoxy groups -OCH3 is 1. The number of fused-ring (bicyclic) bond motifs is 1. The van der Waals surface area contributed by atoms with E-state index in [2.05, 4.69) is 4.90 Å². The molecular weight excluding hydrogens is 274 g/mol. The van der Waals surface area contributed by atoms with Gasteiger partial charge in [-0.2, -0.15) is 0 Å². The minimum atomic E-state index is -0.989. The molecule has 0 bridgehead atoms. The number of hydrogen-bond acceptors (Lipinski definition) is 4. The number of aliphatic carboxylic acids is 1. The lowest BCUT2D eigenvalue weighted by molar-refractivity contribution is -0.137. The molecule has 120 valence electrons. The quantitative estimate of drug-likeness (QED) is 0.791. The molecule has 7 nitrogen and oxygen atoms in total. The first-order valence-electron chi connectivity index (χ1n) is 7.60. The topological polar surface area (TPSA) is 73.3 Å². The van der Waals surface area contributed by atoms with Crippen molar-refractivity contribution in [1.29, 1.82) is 0 Å². The molecule has 0 saturated carbocycles. The number of amides is 2. The van der Waals surface area contributed by atoms with Crippen LogP contribution in [0, 0.1) is 0 Å². The molecule has 2 saturated heterocycles. The summed E-state index contributed by atoms with van der Waals surface area (Å²) in [6.45, 7) is 3.96. The molecule has 0 spiro atoms. The molecule has 0 aromatic rings. The molecule has 2 heterocycles. The van der Waals surface area contributed by atoms with Crippen LogP contribution in [0.2, 0.25) is 0 Å². The molecule has 21 heavy (non-hydrogen) atoms. The van der Waals surface area contributed by atoms with Crippen LogP contribution in [0.15, 0.2) is 0 Å². The summed E-state index contributed by atoms with van der Waals surface area (Å²) in [7, 11) is 1.55. The Kier molecular flexibility index (Phi) is 5.81. The Bertz CT molecular complexity index is 377. The van der Waals surface area contributed by atoms with Crippen molar-refractivity contribution in [3.63, 3.8) is 0 Å². The second-order valence-corrected chi connectivity index (χ2v) is 5.72. The van der Waals surface area contributed by atoms with Crippen LogP contribution in [0.1, 0.15) is 19.3 Å². The first-order valence-corrected chi connectivity index (χ1v) is 7.60. The highest BCUT2D eigenvalue weighted by Gasteiger charge is 2.32. The van der Waals surface area contributed by atoms with Gasteiger partial charge >= 0.3 is 12.0 Å². The van der Waals surface area contributed by atoms with Gasteiger partial charge in [-0.25, -0.2) is 4.79 Å². The van der Waals surface area contributed by atoms with Crippen molar-refractivity contribution in [1.82, 2.24) is 14.7 Å². The summed E-state index contributed by atoms with van der Waals surface area (Å²) < 4.78 is 4.97. The number of rotatable bonds is 5. The predicted octanol–water partition coefficient (Wildman–Crippen LogP) is 0.310. The SMILES string of the molecule is COCCN(CC(=O)O)C(=O)N1CCCN2CCCC2C1. The average Bonchev–Trinajstić information content (AvgIpc) is 2.79. The van der Waals surface area contributed by atoms with Crippen LogP contribution in [0.4, 0.5) is 4.79 Å². The molecule has 7 heteroatoms. The lowest BCUT2D eigenvalue weighted by Gasteiger charge is -2.30. The highest BCUT2D eigenvalue weighted by Crippen LogP contribution is 2.21. The first kappa shape index (κ1) is 16.0. The van der Waals surface area contributed by atoms with Gasteiger partial charge in [0.1, 0.15) is 6.54 Å². The van der Waals surface area contributed by atoms with E-state index in [9.17, 15) is 9.59 Å². The highest BCUT2D eigenvalue weighted by molar-refractivity contribution is 5.80. The Morgan fingerprint density at radius 2 is 2.05 bits per heavy atom. The third kappa shape index (κ3) is 4.31. The summed E-state index contributed by atoms with van der Waals surface area (Å²) in [5.41, 5.74) is 0. The maximum Gasteiger partial charge on any atom is 0.323 e. The van der Waals surface area contributed by atoms with Gasteiger partial charge in [-0.1, -0.05) is 0 Å². The third-order valence-electron chi connectivity index (χ3n) is 4.24. The van der Waals surface area contributed by atoms with E-state index < -0.39 is 5.97 Å². The number of urea groups is 1. The zero-order chi connectivity index (χ0) is 15.2. The summed E-state index contributed by atoms with van der Waals surface area (Å²) in [6, 6.07) is 0.258. The van der Waals surface area contributed by atoms with Crippen LogP contribution in [-0.4, -0.2) is 90.8 Å². The monoisotopic (exact) mass is 299 g/mol. The Hall–Kier alpha value is -1.34. The normalized spacial score (nSPS) is 22.7. The molecule has 1 atom stereocenters. The minimum absolute atomic E-state index is 0.178. The summed E-state index contributed by atoms with van der Waals surface area (Å²) >= 11 is 0. The van der Waals surface area contributed by atoms with Gasteiger partial charge < -0.3 is 19.6 Å². The van der Waals surface area contributed by atoms with E-state index in [4.69, 9.17) is 9.84 Å². The van der Waals surface area contributed by atoms with Crippen molar-refractivity contribution in [3.8, 4) is 0 Å². The van der Waals surface area contributed by atoms with Crippen LogP contribution in [0.3, 0.4) is 0 Å². The Morgan fingerprint density at radius 1 is 1.29 bits per heavy atom. The second-order valence-electron chi connectivity index (χ2n) is 5.72. The van der Waals surface area contributed by atoms with Gasteiger partial charge in [0.25, 0.3) is 0 Å². The van der Waals surface area contributed by atoms with E-state index >= 15 is 0 Å². The van der Waals surface area contributed by atoms with E-state index in [-0.39, 0.29) is 12.6 Å². The van der Waals surface area contributed by atoms with Crippen LogP contribution in [-0.2, 0) is 9.53 Å². The lowest BCUT2D eigenvalue weighted by Crippen LogP contribution is -2.49. The van der Waals surface area contributed by atoms with Crippen LogP contribution in [0.5, 0.6) is 0 Å². The molecule has 2 aliphatic rings. The molecule has 2 fully saturated rings. The van der Waals surface area contributed by atoms with E-state index in [0.29, 0.717) is 32.3 Å². The van der Waals surface area contributed by atoms with E-state index in [0.717, 1.165) is 25.9 Å². The van der Waals surface area contributed by atoms with Crippen LogP contribution >= 0.6 is 0 Å². The fourth-order valence-electron chi connectivity index (χ4n) is 3.19. The lowest BCUT2D eigenvalue weighted by atomic mass is 10.2. The Balaban J connectivity index is 1.98. The molecule has 1 unspecified atom stereocenters. The van der Waals surface area contributed by atoms with Crippen molar-refractivity contribution in [2.24, 2.45) is 0 Å². The van der Waals surface area contributed by atoms with Gasteiger partial charge in [0, 0.05) is 39.3 Å². The third-order valence-corrected chi connectivity index (χ3v) is 4.24. The van der Waals surface area contributed by atoms with Crippen molar-refractivity contribution >= 4 is 12.0 Å². The molecule has 0 aromatic heterocycles. The van der Waals surface area contributed by atoms with Crippen LogP contribution in [0.25, 0.3) is 0 Å². The van der Waals surface area contributed by atoms with Gasteiger partial charge in [-0.15, -0.1) is 0 Å². The number of carbonyl (C=O) groups excluding carboxylic acids is 1. The summed E-state index contributed by atoms with van der Waals surface area (Å²) in [4.78, 5) is 29.2. The van der Waals surface area contributed by atoms with Crippen molar-refractivity contribution in [2.45, 2.75) is 25.3 Å². The number of nitrogens with zero attached hydrogens (tertiary/aromatic N) is 3. The largest absolute Gasteiger partial charge is 0.480 e. The van der Waals surface area contributed by atoms with Crippen LogP contribution < -0.4 is 0 Å². The van der Waals surface area contributed by atoms with E-state index in [1.54, 1.807) is 7.11 Å². The number of carboxylic acids is 1. The Labute approximate surface area is 125 Å². The molecular formula is C14H25N3O4. The number of carbonyl (C=O) groups is 2. The first-order chi connectivity index (χ1) is 10.1. The second kappa shape index (κ2) is 7.61. The fourth-order valence-corrected chi connectivity index (χ4v) is 3.19. The zero-order valence-corrected chi connectivity index (χ0v) is 12.7. The fraction of sp³-hybridized carbons (Fsp3) is 0.857. The number of hydrogen-bond donors (Lipinski definition) is 1. The average molecular weight is 299 g/mol. The van der Waals surface area contributed by atoms with E-state index in [1.165, 1.54) is 11.3 Å². The molecule has 0 aliphatic carbocycles. The predicted molar refractivity (Wildman–Crippen MR) is 77.3 cm³/mol. The summed E-state index contributed by atoms with van der Waals surface area (Å²) in [5.74, 6) is -0.989. The smallest absolute Gasteiger partial charge is 0.323 e. The molecule has 1 N–H and O–H groups in total. The van der Waals surface area contributed by atoms with Gasteiger partial charge in [0.2, 0.25) is 0 Å². The summed E-state index contributed by atoms with van der Waals surface area (Å²) in [6.07, 6.45) is 3.27. The van der Waals surface area contributed by atoms with Crippen molar-refractivity contribution < 1.29 is 19.4 Å². The van der Waals surface area contributed by atoms with Crippen molar-refractivity contribution in [3.05, 3.63) is 0 Å². The van der Waals surface area contributed by atoms with Gasteiger partial charge in [0.15, 0.2) is 0 Å². The zero-order valence-electron chi connectivity index (χ0n) is 12.7. The molecule has 0 aromatic carbocycles. The molecule has 0 radical (unpaired) electrons. The standard InChI is InChI=1S/C14H25N3O4/c1-21-9-8-17(11-13(18)19)14(20)16-7-3-6-15-5-2-4-12(15)10-16/h12H,2-11H2,1H3,(H,18,19). The van der Waals surface area contributed by atoms with Gasteiger partial charge in [0.05, 0.1) is 6.61 Å². The number of carboxylic acid groups (broad SMARTS) is 1. The maximum absolute atomic E-state index is 12.6. The van der Waals surface area contributed by atoms with Gasteiger partial charge in [-0.05, 0) is 25.8 Å². The Morgan fingerprint density at radius 3 is 2.76 bits per heavy atom. The molecule has 2 amide bonds. The summed E-state index contributed by atoms with van der Waals surface area (Å²) in [5, 5.41) is 8.97. The maximum atomic E-state index is 12.6. The minimum Gasteiger partial charge on any atom is -0.480 e. The highest BCUT2D eigenvalue weighted by atomic mass is 16.5. The van der Waals surface area contributed by atoms with Crippen molar-refractivity contribution in [2.75, 3.05) is 53.0 Å². The van der Waals surface area contributed by atoms with Gasteiger partial charge in [-0.3, -0.25) is 9.69 Å².